The van der Waals surface area contributed by atoms with Crippen LogP contribution in [0, 0.1) is 11.9 Å². The first-order valence-corrected chi connectivity index (χ1v) is 10.2. The molecule has 0 aliphatic rings. The van der Waals surface area contributed by atoms with E-state index in [0.29, 0.717) is 22.8 Å². The Balaban J connectivity index is 2.02. The van der Waals surface area contributed by atoms with Crippen LogP contribution in [-0.2, 0) is 0 Å². The number of aromatic hydroxyl groups is 1. The number of nitrogens with zero attached hydrogens (tertiary/aromatic N) is 3. The van der Waals surface area contributed by atoms with Crippen molar-refractivity contribution in [2.24, 2.45) is 5.10 Å². The molecule has 0 unspecified atom stereocenters. The Morgan fingerprint density at radius 1 is 1.35 bits per heavy atom. The Labute approximate surface area is 182 Å². The molecule has 0 amide bonds. The smallest absolute Gasteiger partial charge is 0.216 e. The first kappa shape index (κ1) is 19.3. The predicted octanol–water partition coefficient (Wildman–Crippen LogP) is 4.80. The van der Waals surface area contributed by atoms with Gasteiger partial charge in [0.2, 0.25) is 4.77 Å². The number of phenolic OH excluding ortho intramolecular Hbond substituents is 1. The SMILES string of the molecule is CCOc1cccc(-c2n[nH]c(=S)n2N=Cc2cc(I)cc(I)c2O)c1. The maximum atomic E-state index is 10.2. The van der Waals surface area contributed by atoms with Crippen molar-refractivity contribution in [2.75, 3.05) is 6.61 Å². The van der Waals surface area contributed by atoms with Gasteiger partial charge in [-0.3, -0.25) is 0 Å². The Kier molecular flexibility index (Phi) is 6.29. The van der Waals surface area contributed by atoms with Crippen molar-refractivity contribution in [3.05, 3.63) is 53.9 Å². The molecule has 26 heavy (non-hydrogen) atoms. The van der Waals surface area contributed by atoms with Gasteiger partial charge in [0.25, 0.3) is 0 Å². The number of rotatable bonds is 5. The van der Waals surface area contributed by atoms with Gasteiger partial charge in [0.15, 0.2) is 5.82 Å². The number of phenols is 1. The average Bonchev–Trinajstić information content (AvgIpc) is 2.98. The molecule has 3 rings (SSSR count). The maximum absolute atomic E-state index is 10.2. The molecule has 0 saturated carbocycles. The lowest BCUT2D eigenvalue weighted by Gasteiger charge is -2.06. The highest BCUT2D eigenvalue weighted by Crippen LogP contribution is 2.26. The fourth-order valence-electron chi connectivity index (χ4n) is 2.28. The van der Waals surface area contributed by atoms with Crippen LogP contribution in [0.4, 0.5) is 0 Å². The predicted molar refractivity (Wildman–Crippen MR) is 121 cm³/mol. The van der Waals surface area contributed by atoms with Gasteiger partial charge < -0.3 is 9.84 Å². The molecule has 9 heteroatoms. The average molecular weight is 592 g/mol. The molecule has 1 aromatic heterocycles. The lowest BCUT2D eigenvalue weighted by atomic mass is 10.2. The second-order valence-electron chi connectivity index (χ2n) is 5.20. The Morgan fingerprint density at radius 3 is 2.92 bits per heavy atom. The Hall–Kier alpha value is -1.47. The molecule has 6 nitrogen and oxygen atoms in total. The minimum atomic E-state index is 0.185. The number of H-pyrrole nitrogens is 1. The highest BCUT2D eigenvalue weighted by atomic mass is 127. The van der Waals surface area contributed by atoms with Gasteiger partial charge in [-0.05, 0) is 88.6 Å². The molecule has 0 radical (unpaired) electrons. The first-order valence-electron chi connectivity index (χ1n) is 7.62. The zero-order valence-corrected chi connectivity index (χ0v) is 18.7. The van der Waals surface area contributed by atoms with Crippen LogP contribution in [-0.4, -0.2) is 32.8 Å². The van der Waals surface area contributed by atoms with Crippen molar-refractivity contribution in [1.82, 2.24) is 14.9 Å². The topological polar surface area (TPSA) is 75.4 Å². The molecule has 0 bridgehead atoms. The van der Waals surface area contributed by atoms with E-state index in [2.05, 4.69) is 60.5 Å². The Bertz CT molecular complexity index is 1030. The number of aromatic nitrogens is 3. The molecule has 0 spiro atoms. The van der Waals surface area contributed by atoms with Crippen LogP contribution in [0.3, 0.4) is 0 Å². The summed E-state index contributed by atoms with van der Waals surface area (Å²) in [6.45, 7) is 2.52. The molecular weight excluding hydrogens is 578 g/mol. The number of nitrogens with one attached hydrogen (secondary N) is 1. The van der Waals surface area contributed by atoms with E-state index in [4.69, 9.17) is 17.0 Å². The lowest BCUT2D eigenvalue weighted by Crippen LogP contribution is -1.97. The normalized spacial score (nSPS) is 11.2. The van der Waals surface area contributed by atoms with Crippen molar-refractivity contribution in [1.29, 1.82) is 0 Å². The number of halogens is 2. The third kappa shape index (κ3) is 4.26. The van der Waals surface area contributed by atoms with Gasteiger partial charge in [0.05, 0.1) is 16.4 Å². The van der Waals surface area contributed by atoms with Gasteiger partial charge in [-0.1, -0.05) is 12.1 Å². The number of benzene rings is 2. The number of ether oxygens (including phenoxy) is 1. The summed E-state index contributed by atoms with van der Waals surface area (Å²) in [4.78, 5) is 0. The van der Waals surface area contributed by atoms with Crippen molar-refractivity contribution >= 4 is 63.6 Å². The summed E-state index contributed by atoms with van der Waals surface area (Å²) in [7, 11) is 0. The van der Waals surface area contributed by atoms with Crippen LogP contribution in [0.2, 0.25) is 0 Å². The molecule has 2 aromatic carbocycles. The van der Waals surface area contributed by atoms with Gasteiger partial charge in [0.1, 0.15) is 11.5 Å². The van der Waals surface area contributed by atoms with Crippen LogP contribution >= 0.6 is 57.4 Å². The third-order valence-corrected chi connectivity index (χ3v) is 5.13. The van der Waals surface area contributed by atoms with E-state index >= 15 is 0 Å². The molecule has 0 aliphatic heterocycles. The highest BCUT2D eigenvalue weighted by molar-refractivity contribution is 14.1. The minimum absolute atomic E-state index is 0.185. The number of hydrogen-bond donors (Lipinski definition) is 2. The van der Waals surface area contributed by atoms with Gasteiger partial charge in [0, 0.05) is 14.7 Å². The van der Waals surface area contributed by atoms with Gasteiger partial charge in [-0.2, -0.15) is 14.9 Å². The van der Waals surface area contributed by atoms with Gasteiger partial charge in [-0.25, -0.2) is 5.10 Å². The van der Waals surface area contributed by atoms with Gasteiger partial charge in [-0.15, -0.1) is 0 Å². The summed E-state index contributed by atoms with van der Waals surface area (Å²) in [6.07, 6.45) is 1.57. The van der Waals surface area contributed by atoms with E-state index < -0.39 is 0 Å². The van der Waals surface area contributed by atoms with Crippen LogP contribution in [0.15, 0.2) is 41.5 Å². The van der Waals surface area contributed by atoms with E-state index in [0.717, 1.165) is 18.5 Å². The van der Waals surface area contributed by atoms with Crippen LogP contribution in [0.1, 0.15) is 12.5 Å². The highest BCUT2D eigenvalue weighted by Gasteiger charge is 2.10. The molecule has 3 aromatic rings. The summed E-state index contributed by atoms with van der Waals surface area (Å²) in [6, 6.07) is 11.3. The lowest BCUT2D eigenvalue weighted by molar-refractivity contribution is 0.340. The summed E-state index contributed by atoms with van der Waals surface area (Å²) < 4.78 is 9.19. The minimum Gasteiger partial charge on any atom is -0.506 e. The second kappa shape index (κ2) is 8.48. The first-order chi connectivity index (χ1) is 12.5. The number of aromatic amines is 1. The summed E-state index contributed by atoms with van der Waals surface area (Å²) >= 11 is 9.58. The molecular formula is C17H14I2N4O2S. The second-order valence-corrected chi connectivity index (χ2v) is 7.99. The van der Waals surface area contributed by atoms with Crippen molar-refractivity contribution in [2.45, 2.75) is 6.92 Å². The van der Waals surface area contributed by atoms with E-state index in [1.54, 1.807) is 6.21 Å². The summed E-state index contributed by atoms with van der Waals surface area (Å²) in [5.41, 5.74) is 1.43. The zero-order chi connectivity index (χ0) is 18.7. The fraction of sp³-hybridized carbons (Fsp3) is 0.118. The van der Waals surface area contributed by atoms with Crippen molar-refractivity contribution < 1.29 is 9.84 Å². The summed E-state index contributed by atoms with van der Waals surface area (Å²) in [5.74, 6) is 1.50. The van der Waals surface area contributed by atoms with Crippen LogP contribution in [0.25, 0.3) is 11.4 Å². The monoisotopic (exact) mass is 592 g/mol. The van der Waals surface area contributed by atoms with Crippen molar-refractivity contribution in [3.8, 4) is 22.9 Å². The van der Waals surface area contributed by atoms with Gasteiger partial charge >= 0.3 is 0 Å². The van der Waals surface area contributed by atoms with Crippen molar-refractivity contribution in [3.63, 3.8) is 0 Å². The molecule has 134 valence electrons. The van der Waals surface area contributed by atoms with E-state index in [1.165, 1.54) is 4.68 Å². The molecule has 2 N–H and O–H groups in total. The molecule has 0 fully saturated rings. The fourth-order valence-corrected chi connectivity index (χ4v) is 4.35. The largest absolute Gasteiger partial charge is 0.506 e. The quantitative estimate of drug-likeness (QED) is 0.254. The zero-order valence-electron chi connectivity index (χ0n) is 13.6. The van der Waals surface area contributed by atoms with E-state index in [-0.39, 0.29) is 5.75 Å². The van der Waals surface area contributed by atoms with Crippen LogP contribution < -0.4 is 4.74 Å². The third-order valence-electron chi connectivity index (χ3n) is 3.42. The molecule has 0 saturated heterocycles. The van der Waals surface area contributed by atoms with E-state index in [1.807, 2.05) is 43.3 Å². The molecule has 0 atom stereocenters. The number of hydrogen-bond acceptors (Lipinski definition) is 5. The van der Waals surface area contributed by atoms with E-state index in [9.17, 15) is 5.11 Å². The van der Waals surface area contributed by atoms with Crippen LogP contribution in [0.5, 0.6) is 11.5 Å². The Morgan fingerprint density at radius 2 is 2.15 bits per heavy atom. The summed E-state index contributed by atoms with van der Waals surface area (Å²) in [5, 5.41) is 21.7. The maximum Gasteiger partial charge on any atom is 0.216 e. The standard InChI is InChI=1S/C17H14I2N4O2S/c1-2-25-13-5-3-4-10(7-13)16-21-22-17(26)23(16)20-9-11-6-12(18)8-14(19)15(11)24/h3-9,24H,2H2,1H3,(H,22,26). The molecule has 0 aliphatic carbocycles. The molecule has 1 heterocycles.